The highest BCUT2D eigenvalue weighted by Crippen LogP contribution is 2.25. The highest BCUT2D eigenvalue weighted by molar-refractivity contribution is 6.04. The van der Waals surface area contributed by atoms with Crippen LogP contribution in [0.4, 0.5) is 5.95 Å². The fourth-order valence-electron chi connectivity index (χ4n) is 3.33. The number of amides is 1. The van der Waals surface area contributed by atoms with Crippen molar-refractivity contribution in [3.8, 4) is 0 Å². The molecule has 1 aliphatic rings. The van der Waals surface area contributed by atoms with Crippen molar-refractivity contribution in [1.82, 2.24) is 19.4 Å². The predicted molar refractivity (Wildman–Crippen MR) is 92.9 cm³/mol. The number of nitrogens with two attached hydrogens (primary N) is 1. The predicted octanol–water partition coefficient (Wildman–Crippen LogP) is 1.61. The number of aromatic nitrogens is 3. The summed E-state index contributed by atoms with van der Waals surface area (Å²) in [5.74, 6) is -0.0657. The number of rotatable bonds is 1. The van der Waals surface area contributed by atoms with Gasteiger partial charge in [-0.25, -0.2) is 9.55 Å². The monoisotopic (exact) mass is 335 g/mol. The smallest absolute Gasteiger partial charge is 0.267 e. The van der Waals surface area contributed by atoms with Gasteiger partial charge in [0.2, 0.25) is 11.9 Å². The summed E-state index contributed by atoms with van der Waals surface area (Å²) in [6, 6.07) is 7.33. The zero-order valence-electron chi connectivity index (χ0n) is 13.8. The van der Waals surface area contributed by atoms with Crippen LogP contribution in [-0.4, -0.2) is 37.8 Å². The largest absolute Gasteiger partial charge is 0.369 e. The van der Waals surface area contributed by atoms with Crippen molar-refractivity contribution in [3.05, 3.63) is 53.3 Å². The Labute approximate surface area is 144 Å². The summed E-state index contributed by atoms with van der Waals surface area (Å²) in [5.41, 5.74) is 9.67. The minimum absolute atomic E-state index is 0.0206. The summed E-state index contributed by atoms with van der Waals surface area (Å²) in [4.78, 5) is 35.0. The van der Waals surface area contributed by atoms with Crippen LogP contribution in [0.2, 0.25) is 0 Å². The molecule has 0 unspecified atom stereocenters. The molecule has 4 rings (SSSR count). The minimum atomic E-state index is -0.244. The molecule has 1 aliphatic heterocycles. The Balaban J connectivity index is 1.80. The highest BCUT2D eigenvalue weighted by atomic mass is 16.2. The van der Waals surface area contributed by atoms with Crippen molar-refractivity contribution >= 4 is 28.8 Å². The van der Waals surface area contributed by atoms with Gasteiger partial charge in [-0.15, -0.1) is 0 Å². The van der Waals surface area contributed by atoms with Crippen LogP contribution < -0.4 is 5.73 Å². The van der Waals surface area contributed by atoms with Gasteiger partial charge in [-0.2, -0.15) is 0 Å². The van der Waals surface area contributed by atoms with Crippen molar-refractivity contribution < 1.29 is 9.59 Å². The van der Waals surface area contributed by atoms with Crippen molar-refractivity contribution in [2.75, 3.05) is 12.3 Å². The van der Waals surface area contributed by atoms with Gasteiger partial charge in [0.25, 0.3) is 5.91 Å². The summed E-state index contributed by atoms with van der Waals surface area (Å²) in [6.45, 7) is 2.61. The molecule has 3 aromatic rings. The molecule has 0 saturated heterocycles. The molecule has 0 aliphatic carbocycles. The number of para-hydroxylation sites is 2. The van der Waals surface area contributed by atoms with Crippen molar-refractivity contribution in [2.24, 2.45) is 0 Å². The zero-order chi connectivity index (χ0) is 17.6. The third-order valence-electron chi connectivity index (χ3n) is 4.61. The number of fused-ring (bicyclic) bond motifs is 2. The van der Waals surface area contributed by atoms with E-state index in [-0.39, 0.29) is 17.8 Å². The van der Waals surface area contributed by atoms with E-state index in [4.69, 9.17) is 5.73 Å². The number of imidazole rings is 1. The lowest BCUT2D eigenvalue weighted by molar-refractivity contribution is -0.129. The zero-order valence-corrected chi connectivity index (χ0v) is 13.8. The van der Waals surface area contributed by atoms with Crippen molar-refractivity contribution in [2.45, 2.75) is 19.9 Å². The van der Waals surface area contributed by atoms with E-state index in [1.807, 2.05) is 24.3 Å². The molecule has 7 heteroatoms. The Kier molecular flexibility index (Phi) is 3.49. The molecule has 1 amide bonds. The van der Waals surface area contributed by atoms with Gasteiger partial charge < -0.3 is 10.6 Å². The van der Waals surface area contributed by atoms with Gasteiger partial charge in [0.15, 0.2) is 0 Å². The summed E-state index contributed by atoms with van der Waals surface area (Å²) < 4.78 is 1.42. The fraction of sp³-hybridized carbons (Fsp3) is 0.222. The third kappa shape index (κ3) is 2.44. The molecule has 0 fully saturated rings. The number of nitrogen functional groups attached to an aromatic ring is 1. The lowest BCUT2D eigenvalue weighted by Gasteiger charge is -2.28. The maximum Gasteiger partial charge on any atom is 0.267 e. The number of hydrogen-bond acceptors (Lipinski definition) is 5. The first-order chi connectivity index (χ1) is 12.1. The molecule has 7 nitrogen and oxygen atoms in total. The Morgan fingerprint density at radius 1 is 1.20 bits per heavy atom. The molecule has 1 aromatic carbocycles. The molecular formula is C18H17N5O2. The van der Waals surface area contributed by atoms with Gasteiger partial charge in [0, 0.05) is 32.4 Å². The Hall–Kier alpha value is -3.22. The normalized spacial score (nSPS) is 13.7. The maximum absolute atomic E-state index is 13.2. The van der Waals surface area contributed by atoms with E-state index in [1.165, 1.54) is 4.57 Å². The first-order valence-corrected chi connectivity index (χ1v) is 8.05. The number of benzene rings is 1. The number of carbonyl (C=O) groups excluding carboxylic acids is 2. The summed E-state index contributed by atoms with van der Waals surface area (Å²) in [7, 11) is 0. The molecule has 0 saturated carbocycles. The van der Waals surface area contributed by atoms with Gasteiger partial charge in [-0.05, 0) is 29.7 Å². The van der Waals surface area contributed by atoms with Crippen LogP contribution >= 0.6 is 0 Å². The average molecular weight is 335 g/mol. The molecular weight excluding hydrogens is 318 g/mol. The fourth-order valence-corrected chi connectivity index (χ4v) is 3.33. The number of hydrogen-bond donors (Lipinski definition) is 1. The molecule has 2 N–H and O–H groups in total. The second kappa shape index (κ2) is 5.70. The first kappa shape index (κ1) is 15.3. The van der Waals surface area contributed by atoms with E-state index in [2.05, 4.69) is 9.97 Å². The van der Waals surface area contributed by atoms with Gasteiger partial charge >= 0.3 is 0 Å². The summed E-state index contributed by atoms with van der Waals surface area (Å²) in [5, 5.41) is 0. The lowest BCUT2D eigenvalue weighted by Crippen LogP contribution is -2.35. The highest BCUT2D eigenvalue weighted by Gasteiger charge is 2.25. The molecule has 0 spiro atoms. The third-order valence-corrected chi connectivity index (χ3v) is 4.61. The van der Waals surface area contributed by atoms with E-state index in [9.17, 15) is 9.59 Å². The van der Waals surface area contributed by atoms with Gasteiger partial charge in [-0.3, -0.25) is 14.6 Å². The van der Waals surface area contributed by atoms with Crippen LogP contribution in [0.5, 0.6) is 0 Å². The van der Waals surface area contributed by atoms with E-state index in [1.54, 1.807) is 24.2 Å². The standard InChI is InChI=1S/C18H17N5O2/c1-11(24)22-7-6-13-12(10-22)8-20-9-14(13)17(25)23-16-5-3-2-4-15(16)21-18(23)19/h2-5,8-9H,6-7,10H2,1H3,(H2,19,21). The minimum Gasteiger partial charge on any atom is -0.369 e. The molecule has 0 atom stereocenters. The number of anilines is 1. The van der Waals surface area contributed by atoms with Crippen LogP contribution in [0.15, 0.2) is 36.7 Å². The van der Waals surface area contributed by atoms with Crippen LogP contribution in [0.3, 0.4) is 0 Å². The molecule has 0 radical (unpaired) electrons. The van der Waals surface area contributed by atoms with Gasteiger partial charge in [0.1, 0.15) is 0 Å². The SMILES string of the molecule is CC(=O)N1CCc2c(cncc2C(=O)n2c(N)nc3ccccc32)C1. The van der Waals surface area contributed by atoms with Crippen molar-refractivity contribution in [1.29, 1.82) is 0 Å². The van der Waals surface area contributed by atoms with Crippen LogP contribution in [0.1, 0.15) is 28.4 Å². The molecule has 3 heterocycles. The number of nitrogens with zero attached hydrogens (tertiary/aromatic N) is 4. The molecule has 2 aromatic heterocycles. The van der Waals surface area contributed by atoms with Crippen LogP contribution in [-0.2, 0) is 17.8 Å². The second-order valence-electron chi connectivity index (χ2n) is 6.11. The average Bonchev–Trinajstić information content (AvgIpc) is 2.95. The Morgan fingerprint density at radius 3 is 2.80 bits per heavy atom. The van der Waals surface area contributed by atoms with Crippen molar-refractivity contribution in [3.63, 3.8) is 0 Å². The summed E-state index contributed by atoms with van der Waals surface area (Å²) in [6.07, 6.45) is 3.90. The van der Waals surface area contributed by atoms with E-state index in [0.717, 1.165) is 11.1 Å². The van der Waals surface area contributed by atoms with E-state index >= 15 is 0 Å². The Bertz CT molecular complexity index is 1010. The number of pyridine rings is 1. The number of carbonyl (C=O) groups is 2. The quantitative estimate of drug-likeness (QED) is 0.729. The topological polar surface area (TPSA) is 94.1 Å². The van der Waals surface area contributed by atoms with Gasteiger partial charge in [-0.1, -0.05) is 12.1 Å². The van der Waals surface area contributed by atoms with E-state index in [0.29, 0.717) is 36.1 Å². The summed E-state index contributed by atoms with van der Waals surface area (Å²) >= 11 is 0. The van der Waals surface area contributed by atoms with E-state index < -0.39 is 0 Å². The Morgan fingerprint density at radius 2 is 2.00 bits per heavy atom. The van der Waals surface area contributed by atoms with Gasteiger partial charge in [0.05, 0.1) is 16.6 Å². The maximum atomic E-state index is 13.2. The molecule has 25 heavy (non-hydrogen) atoms. The lowest BCUT2D eigenvalue weighted by atomic mass is 9.96. The van der Waals surface area contributed by atoms with Crippen LogP contribution in [0.25, 0.3) is 11.0 Å². The van der Waals surface area contributed by atoms with Crippen LogP contribution in [0, 0.1) is 0 Å². The first-order valence-electron chi connectivity index (χ1n) is 8.05. The second-order valence-corrected chi connectivity index (χ2v) is 6.11. The molecule has 126 valence electrons. The molecule has 0 bridgehead atoms.